The third-order valence-electron chi connectivity index (χ3n) is 3.48. The number of hydrogen-bond donors (Lipinski definition) is 1. The second-order valence-electron chi connectivity index (χ2n) is 5.50. The highest BCUT2D eigenvalue weighted by Crippen LogP contribution is 2.29. The summed E-state index contributed by atoms with van der Waals surface area (Å²) in [6.07, 6.45) is 2.89. The van der Waals surface area contributed by atoms with Gasteiger partial charge in [0.25, 0.3) is 0 Å². The SMILES string of the molecule is CC(N)CCC(=O)N(Cc1ccc(F)cc1F)C1CC1. The molecular formula is C15H20F2N2O. The monoisotopic (exact) mass is 282 g/mol. The normalized spacial score (nSPS) is 16.0. The minimum absolute atomic E-state index is 0.00600. The zero-order valence-corrected chi connectivity index (χ0v) is 11.6. The Morgan fingerprint density at radius 1 is 1.45 bits per heavy atom. The standard InChI is InChI=1S/C15H20F2N2O/c1-10(18)2-7-15(20)19(13-5-6-13)9-11-3-4-12(16)8-14(11)17/h3-4,8,10,13H,2,5-7,9,18H2,1H3. The van der Waals surface area contributed by atoms with Gasteiger partial charge in [-0.05, 0) is 32.3 Å². The highest BCUT2D eigenvalue weighted by molar-refractivity contribution is 5.77. The van der Waals surface area contributed by atoms with Crippen LogP contribution in [0.2, 0.25) is 0 Å². The zero-order chi connectivity index (χ0) is 14.7. The molecule has 110 valence electrons. The van der Waals surface area contributed by atoms with Crippen molar-refractivity contribution in [2.75, 3.05) is 0 Å². The minimum Gasteiger partial charge on any atom is -0.335 e. The average molecular weight is 282 g/mol. The van der Waals surface area contributed by atoms with Crippen LogP contribution in [0.1, 0.15) is 38.2 Å². The fourth-order valence-electron chi connectivity index (χ4n) is 2.14. The topological polar surface area (TPSA) is 46.3 Å². The molecule has 1 atom stereocenters. The molecule has 5 heteroatoms. The number of rotatable bonds is 6. The van der Waals surface area contributed by atoms with E-state index in [1.807, 2.05) is 6.92 Å². The summed E-state index contributed by atoms with van der Waals surface area (Å²) in [4.78, 5) is 13.9. The summed E-state index contributed by atoms with van der Waals surface area (Å²) < 4.78 is 26.6. The molecule has 1 aromatic carbocycles. The van der Waals surface area contributed by atoms with Gasteiger partial charge in [-0.2, -0.15) is 0 Å². The number of amides is 1. The van der Waals surface area contributed by atoms with Crippen LogP contribution in [-0.2, 0) is 11.3 Å². The van der Waals surface area contributed by atoms with E-state index in [2.05, 4.69) is 0 Å². The number of carbonyl (C=O) groups excluding carboxylic acids is 1. The fraction of sp³-hybridized carbons (Fsp3) is 0.533. The Labute approximate surface area is 117 Å². The average Bonchev–Trinajstić information content (AvgIpc) is 3.19. The predicted molar refractivity (Wildman–Crippen MR) is 72.8 cm³/mol. The molecule has 0 aromatic heterocycles. The van der Waals surface area contributed by atoms with E-state index < -0.39 is 11.6 Å². The summed E-state index contributed by atoms with van der Waals surface area (Å²) in [5.41, 5.74) is 6.01. The molecule has 0 spiro atoms. The van der Waals surface area contributed by atoms with Crippen LogP contribution in [0.25, 0.3) is 0 Å². The highest BCUT2D eigenvalue weighted by atomic mass is 19.1. The Bertz CT molecular complexity index is 487. The van der Waals surface area contributed by atoms with Gasteiger partial charge in [-0.15, -0.1) is 0 Å². The van der Waals surface area contributed by atoms with Gasteiger partial charge in [0.15, 0.2) is 0 Å². The Hall–Kier alpha value is -1.49. The molecule has 1 aliphatic carbocycles. The number of carbonyl (C=O) groups is 1. The van der Waals surface area contributed by atoms with E-state index >= 15 is 0 Å². The van der Waals surface area contributed by atoms with E-state index in [1.54, 1.807) is 4.90 Å². The van der Waals surface area contributed by atoms with Gasteiger partial charge in [0.2, 0.25) is 5.91 Å². The van der Waals surface area contributed by atoms with E-state index in [0.717, 1.165) is 18.9 Å². The number of nitrogens with two attached hydrogens (primary N) is 1. The summed E-state index contributed by atoms with van der Waals surface area (Å²) in [6.45, 7) is 2.06. The predicted octanol–water partition coefficient (Wildman–Crippen LogP) is 2.58. The fourth-order valence-corrected chi connectivity index (χ4v) is 2.14. The molecule has 0 saturated heterocycles. The molecule has 1 amide bonds. The second kappa shape index (κ2) is 6.31. The van der Waals surface area contributed by atoms with Gasteiger partial charge in [-0.1, -0.05) is 6.07 Å². The van der Waals surface area contributed by atoms with Gasteiger partial charge in [-0.25, -0.2) is 8.78 Å². The lowest BCUT2D eigenvalue weighted by Crippen LogP contribution is -2.33. The second-order valence-corrected chi connectivity index (χ2v) is 5.50. The van der Waals surface area contributed by atoms with Crippen molar-refractivity contribution < 1.29 is 13.6 Å². The molecule has 1 aliphatic rings. The summed E-state index contributed by atoms with van der Waals surface area (Å²) in [7, 11) is 0. The zero-order valence-electron chi connectivity index (χ0n) is 11.6. The van der Waals surface area contributed by atoms with Gasteiger partial charge < -0.3 is 10.6 Å². The molecule has 3 nitrogen and oxygen atoms in total. The van der Waals surface area contributed by atoms with E-state index in [-0.39, 0.29) is 24.5 Å². The van der Waals surface area contributed by atoms with E-state index in [1.165, 1.54) is 12.1 Å². The first kappa shape index (κ1) is 14.9. The molecule has 0 bridgehead atoms. The summed E-state index contributed by atoms with van der Waals surface area (Å²) >= 11 is 0. The third kappa shape index (κ3) is 4.00. The molecule has 0 aliphatic heterocycles. The molecule has 20 heavy (non-hydrogen) atoms. The first-order valence-corrected chi connectivity index (χ1v) is 6.96. The van der Waals surface area contributed by atoms with Crippen molar-refractivity contribution in [2.45, 2.75) is 51.2 Å². The van der Waals surface area contributed by atoms with Gasteiger partial charge in [0.05, 0.1) is 0 Å². The van der Waals surface area contributed by atoms with Gasteiger partial charge in [-0.3, -0.25) is 4.79 Å². The molecule has 1 aromatic rings. The first-order chi connectivity index (χ1) is 9.47. The van der Waals surface area contributed by atoms with E-state index in [9.17, 15) is 13.6 Å². The molecular weight excluding hydrogens is 262 g/mol. The maximum Gasteiger partial charge on any atom is 0.223 e. The minimum atomic E-state index is -0.604. The molecule has 1 fully saturated rings. The van der Waals surface area contributed by atoms with Crippen LogP contribution in [-0.4, -0.2) is 22.9 Å². The van der Waals surface area contributed by atoms with E-state index in [4.69, 9.17) is 5.73 Å². The molecule has 2 rings (SSSR count). The lowest BCUT2D eigenvalue weighted by molar-refractivity contribution is -0.132. The molecule has 2 N–H and O–H groups in total. The number of hydrogen-bond acceptors (Lipinski definition) is 2. The quantitative estimate of drug-likeness (QED) is 0.871. The Morgan fingerprint density at radius 2 is 2.15 bits per heavy atom. The van der Waals surface area contributed by atoms with Crippen LogP contribution in [0.15, 0.2) is 18.2 Å². The largest absolute Gasteiger partial charge is 0.335 e. The van der Waals surface area contributed by atoms with Crippen molar-refractivity contribution in [1.29, 1.82) is 0 Å². The smallest absolute Gasteiger partial charge is 0.223 e. The first-order valence-electron chi connectivity index (χ1n) is 6.96. The Kier molecular flexibility index (Phi) is 4.70. The summed E-state index contributed by atoms with van der Waals surface area (Å²) in [5.74, 6) is -1.21. The Morgan fingerprint density at radius 3 is 2.70 bits per heavy atom. The lowest BCUT2D eigenvalue weighted by atomic mass is 10.1. The van der Waals surface area contributed by atoms with E-state index in [0.29, 0.717) is 18.4 Å². The van der Waals surface area contributed by atoms with Gasteiger partial charge >= 0.3 is 0 Å². The van der Waals surface area contributed by atoms with Crippen molar-refractivity contribution in [3.63, 3.8) is 0 Å². The molecule has 0 radical (unpaired) electrons. The van der Waals surface area contributed by atoms with Crippen molar-refractivity contribution in [3.05, 3.63) is 35.4 Å². The van der Waals surface area contributed by atoms with Gasteiger partial charge in [0, 0.05) is 36.7 Å². The number of halogens is 2. The maximum absolute atomic E-state index is 13.7. The third-order valence-corrected chi connectivity index (χ3v) is 3.48. The van der Waals surface area contributed by atoms with Crippen molar-refractivity contribution in [1.82, 2.24) is 4.90 Å². The summed E-state index contributed by atoms with van der Waals surface area (Å²) in [5, 5.41) is 0. The maximum atomic E-state index is 13.7. The van der Waals surface area contributed by atoms with Crippen LogP contribution < -0.4 is 5.73 Å². The van der Waals surface area contributed by atoms with Crippen LogP contribution in [0.5, 0.6) is 0 Å². The van der Waals surface area contributed by atoms with Crippen LogP contribution in [0.3, 0.4) is 0 Å². The molecule has 1 saturated carbocycles. The molecule has 0 heterocycles. The number of benzene rings is 1. The van der Waals surface area contributed by atoms with Crippen LogP contribution >= 0.6 is 0 Å². The van der Waals surface area contributed by atoms with Crippen LogP contribution in [0, 0.1) is 11.6 Å². The Balaban J connectivity index is 2.03. The highest BCUT2D eigenvalue weighted by Gasteiger charge is 2.32. The van der Waals surface area contributed by atoms with Gasteiger partial charge in [0.1, 0.15) is 11.6 Å². The summed E-state index contributed by atoms with van der Waals surface area (Å²) in [6, 6.07) is 3.64. The number of nitrogens with zero attached hydrogens (tertiary/aromatic N) is 1. The van der Waals surface area contributed by atoms with Crippen molar-refractivity contribution in [2.24, 2.45) is 5.73 Å². The van der Waals surface area contributed by atoms with Crippen LogP contribution in [0.4, 0.5) is 8.78 Å². The molecule has 1 unspecified atom stereocenters. The van der Waals surface area contributed by atoms with Crippen molar-refractivity contribution >= 4 is 5.91 Å². The lowest BCUT2D eigenvalue weighted by Gasteiger charge is -2.23. The van der Waals surface area contributed by atoms with Crippen molar-refractivity contribution in [3.8, 4) is 0 Å².